The number of urea groups is 1. The van der Waals surface area contributed by atoms with E-state index in [-0.39, 0.29) is 0 Å². The predicted octanol–water partition coefficient (Wildman–Crippen LogP) is 3.26. The van der Waals surface area contributed by atoms with Crippen molar-refractivity contribution in [3.8, 4) is 6.07 Å². The van der Waals surface area contributed by atoms with Crippen LogP contribution < -0.4 is 10.6 Å². The van der Waals surface area contributed by atoms with Crippen LogP contribution in [0.4, 0.5) is 16.2 Å². The maximum atomic E-state index is 11.9. The van der Waals surface area contributed by atoms with Crippen LogP contribution in [-0.4, -0.2) is 11.1 Å². The Kier molecular flexibility index (Phi) is 4.54. The van der Waals surface area contributed by atoms with Gasteiger partial charge in [0.25, 0.3) is 0 Å². The van der Waals surface area contributed by atoms with Gasteiger partial charge in [0.1, 0.15) is 0 Å². The van der Waals surface area contributed by atoms with Crippen molar-refractivity contribution in [2.45, 2.75) is 13.0 Å². The monoisotopic (exact) mass is 281 g/mol. The average Bonchev–Trinajstić information content (AvgIpc) is 2.48. The van der Waals surface area contributed by atoms with Crippen LogP contribution in [0.25, 0.3) is 0 Å². The summed E-state index contributed by atoms with van der Waals surface area (Å²) in [5.41, 5.74) is 2.31. The molecule has 1 unspecified atom stereocenters. The SMILES string of the molecule is CC(O)c1ccccc1NC(=O)Nc1ccc(C#N)cc1. The number of hydrogen-bond acceptors (Lipinski definition) is 3. The molecule has 1 atom stereocenters. The van der Waals surface area contributed by atoms with Gasteiger partial charge in [-0.15, -0.1) is 0 Å². The number of benzene rings is 2. The number of amides is 2. The lowest BCUT2D eigenvalue weighted by atomic mass is 10.1. The molecule has 0 radical (unpaired) electrons. The number of nitriles is 1. The Balaban J connectivity index is 2.06. The second-order valence-corrected chi connectivity index (χ2v) is 4.53. The number of carbonyl (C=O) groups excluding carboxylic acids is 1. The quantitative estimate of drug-likeness (QED) is 0.807. The molecule has 0 bridgehead atoms. The van der Waals surface area contributed by atoms with E-state index < -0.39 is 12.1 Å². The summed E-state index contributed by atoms with van der Waals surface area (Å²) >= 11 is 0. The van der Waals surface area contributed by atoms with Gasteiger partial charge in [0.05, 0.1) is 17.7 Å². The van der Waals surface area contributed by atoms with Crippen molar-refractivity contribution in [3.05, 3.63) is 59.7 Å². The Morgan fingerprint density at radius 2 is 1.81 bits per heavy atom. The van der Waals surface area contributed by atoms with E-state index in [1.165, 1.54) is 0 Å². The highest BCUT2D eigenvalue weighted by molar-refractivity contribution is 6.00. The third-order valence-corrected chi connectivity index (χ3v) is 2.93. The summed E-state index contributed by atoms with van der Waals surface area (Å²) in [5.74, 6) is 0. The van der Waals surface area contributed by atoms with Crippen LogP contribution >= 0.6 is 0 Å². The summed E-state index contributed by atoms with van der Waals surface area (Å²) in [7, 11) is 0. The molecule has 2 aromatic rings. The number of para-hydroxylation sites is 1. The van der Waals surface area contributed by atoms with Crippen molar-refractivity contribution >= 4 is 17.4 Å². The van der Waals surface area contributed by atoms with Gasteiger partial charge in [-0.05, 0) is 37.3 Å². The van der Waals surface area contributed by atoms with Crippen LogP contribution in [0.5, 0.6) is 0 Å². The minimum atomic E-state index is -0.670. The van der Waals surface area contributed by atoms with E-state index in [4.69, 9.17) is 5.26 Å². The molecule has 0 aliphatic rings. The molecule has 0 saturated carbocycles. The first-order valence-corrected chi connectivity index (χ1v) is 6.45. The first-order valence-electron chi connectivity index (χ1n) is 6.45. The second-order valence-electron chi connectivity index (χ2n) is 4.53. The van der Waals surface area contributed by atoms with Gasteiger partial charge in [0, 0.05) is 16.9 Å². The molecular weight excluding hydrogens is 266 g/mol. The molecule has 0 spiro atoms. The summed E-state index contributed by atoms with van der Waals surface area (Å²) in [6.07, 6.45) is -0.670. The molecule has 21 heavy (non-hydrogen) atoms. The van der Waals surface area contributed by atoms with Gasteiger partial charge in [-0.25, -0.2) is 4.79 Å². The Labute approximate surface area is 122 Å². The minimum Gasteiger partial charge on any atom is -0.389 e. The first-order chi connectivity index (χ1) is 10.1. The number of aliphatic hydroxyl groups excluding tert-OH is 1. The molecular formula is C16H15N3O2. The van der Waals surface area contributed by atoms with Gasteiger partial charge in [-0.3, -0.25) is 0 Å². The van der Waals surface area contributed by atoms with Gasteiger partial charge in [0.2, 0.25) is 0 Å². The molecule has 0 saturated heterocycles. The Hall–Kier alpha value is -2.84. The molecule has 0 aliphatic carbocycles. The highest BCUT2D eigenvalue weighted by atomic mass is 16.3. The van der Waals surface area contributed by atoms with Gasteiger partial charge in [-0.2, -0.15) is 5.26 Å². The molecule has 106 valence electrons. The van der Waals surface area contributed by atoms with Gasteiger partial charge < -0.3 is 15.7 Å². The number of nitrogens with zero attached hydrogens (tertiary/aromatic N) is 1. The molecule has 0 heterocycles. The third kappa shape index (κ3) is 3.81. The standard InChI is InChI=1S/C16H15N3O2/c1-11(20)14-4-2-3-5-15(14)19-16(21)18-13-8-6-12(10-17)7-9-13/h2-9,11,20H,1H3,(H2,18,19,21). The van der Waals surface area contributed by atoms with E-state index in [1.54, 1.807) is 55.5 Å². The largest absolute Gasteiger partial charge is 0.389 e. The molecule has 3 N–H and O–H groups in total. The van der Waals surface area contributed by atoms with Crippen molar-refractivity contribution < 1.29 is 9.90 Å². The zero-order valence-corrected chi connectivity index (χ0v) is 11.5. The normalized spacial score (nSPS) is 11.3. The van der Waals surface area contributed by atoms with Crippen molar-refractivity contribution in [3.63, 3.8) is 0 Å². The zero-order chi connectivity index (χ0) is 15.2. The Morgan fingerprint density at radius 3 is 2.43 bits per heavy atom. The van der Waals surface area contributed by atoms with Gasteiger partial charge in [0.15, 0.2) is 0 Å². The van der Waals surface area contributed by atoms with Crippen LogP contribution in [0, 0.1) is 11.3 Å². The fourth-order valence-corrected chi connectivity index (χ4v) is 1.89. The number of anilines is 2. The number of rotatable bonds is 3. The van der Waals surface area contributed by atoms with Crippen LogP contribution in [-0.2, 0) is 0 Å². The van der Waals surface area contributed by atoms with Crippen LogP contribution in [0.2, 0.25) is 0 Å². The lowest BCUT2D eigenvalue weighted by molar-refractivity contribution is 0.200. The van der Waals surface area contributed by atoms with E-state index >= 15 is 0 Å². The Morgan fingerprint density at radius 1 is 1.14 bits per heavy atom. The number of nitrogens with one attached hydrogen (secondary N) is 2. The topological polar surface area (TPSA) is 85.2 Å². The van der Waals surface area contributed by atoms with E-state index in [0.717, 1.165) is 0 Å². The van der Waals surface area contributed by atoms with Gasteiger partial charge >= 0.3 is 6.03 Å². The average molecular weight is 281 g/mol. The van der Waals surface area contributed by atoms with Gasteiger partial charge in [-0.1, -0.05) is 18.2 Å². The highest BCUT2D eigenvalue weighted by Crippen LogP contribution is 2.22. The fraction of sp³-hybridized carbons (Fsp3) is 0.125. The number of hydrogen-bond donors (Lipinski definition) is 3. The van der Waals surface area contributed by atoms with Crippen LogP contribution in [0.15, 0.2) is 48.5 Å². The predicted molar refractivity (Wildman–Crippen MR) is 80.9 cm³/mol. The molecule has 5 heteroatoms. The van der Waals surface area contributed by atoms with E-state index in [9.17, 15) is 9.90 Å². The number of carbonyl (C=O) groups is 1. The molecule has 0 fully saturated rings. The molecule has 2 amide bonds. The van der Waals surface area contributed by atoms with E-state index in [2.05, 4.69) is 10.6 Å². The zero-order valence-electron chi connectivity index (χ0n) is 11.5. The summed E-state index contributed by atoms with van der Waals surface area (Å²) in [6.45, 7) is 1.64. The molecule has 2 aromatic carbocycles. The summed E-state index contributed by atoms with van der Waals surface area (Å²) in [4.78, 5) is 11.9. The lowest BCUT2D eigenvalue weighted by Crippen LogP contribution is -2.20. The van der Waals surface area contributed by atoms with Crippen molar-refractivity contribution in [1.82, 2.24) is 0 Å². The van der Waals surface area contributed by atoms with Crippen molar-refractivity contribution in [1.29, 1.82) is 5.26 Å². The van der Waals surface area contributed by atoms with Crippen molar-refractivity contribution in [2.24, 2.45) is 0 Å². The van der Waals surface area contributed by atoms with Crippen LogP contribution in [0.3, 0.4) is 0 Å². The van der Waals surface area contributed by atoms with E-state index in [0.29, 0.717) is 22.5 Å². The molecule has 5 nitrogen and oxygen atoms in total. The highest BCUT2D eigenvalue weighted by Gasteiger charge is 2.10. The maximum Gasteiger partial charge on any atom is 0.323 e. The second kappa shape index (κ2) is 6.55. The molecule has 2 rings (SSSR count). The minimum absolute atomic E-state index is 0.409. The Bertz CT molecular complexity index is 673. The fourth-order valence-electron chi connectivity index (χ4n) is 1.89. The maximum absolute atomic E-state index is 11.9. The molecule has 0 aliphatic heterocycles. The smallest absolute Gasteiger partial charge is 0.323 e. The summed E-state index contributed by atoms with van der Waals surface area (Å²) in [5, 5.41) is 23.7. The van der Waals surface area contributed by atoms with E-state index in [1.807, 2.05) is 6.07 Å². The summed E-state index contributed by atoms with van der Waals surface area (Å²) in [6, 6.07) is 15.2. The van der Waals surface area contributed by atoms with Crippen molar-refractivity contribution in [2.75, 3.05) is 10.6 Å². The number of aliphatic hydroxyl groups is 1. The summed E-state index contributed by atoms with van der Waals surface area (Å²) < 4.78 is 0. The lowest BCUT2D eigenvalue weighted by Gasteiger charge is -2.13. The van der Waals surface area contributed by atoms with Crippen LogP contribution in [0.1, 0.15) is 24.2 Å². The molecule has 0 aromatic heterocycles. The third-order valence-electron chi connectivity index (χ3n) is 2.93. The first kappa shape index (κ1) is 14.6.